The van der Waals surface area contributed by atoms with E-state index < -0.39 is 0 Å². The minimum atomic E-state index is -0.234. The molecule has 0 saturated carbocycles. The third kappa shape index (κ3) is 3.55. The van der Waals surface area contributed by atoms with Gasteiger partial charge in [0, 0.05) is 22.1 Å². The van der Waals surface area contributed by atoms with Gasteiger partial charge in [-0.1, -0.05) is 30.0 Å². The number of halogens is 1. The molecule has 2 aromatic heterocycles. The van der Waals surface area contributed by atoms with Gasteiger partial charge >= 0.3 is 0 Å². The van der Waals surface area contributed by atoms with Crippen molar-refractivity contribution in [1.82, 2.24) is 15.0 Å². The van der Waals surface area contributed by atoms with Crippen molar-refractivity contribution in [3.05, 3.63) is 71.2 Å². The van der Waals surface area contributed by atoms with Crippen molar-refractivity contribution in [3.8, 4) is 10.6 Å². The molecule has 2 aromatic carbocycles. The van der Waals surface area contributed by atoms with Crippen LogP contribution < -0.4 is 0 Å². The molecule has 0 amide bonds. The first kappa shape index (κ1) is 16.2. The normalized spacial score (nSPS) is 11.1. The van der Waals surface area contributed by atoms with Gasteiger partial charge in [0.15, 0.2) is 0 Å². The molecule has 0 aliphatic rings. The summed E-state index contributed by atoms with van der Waals surface area (Å²) >= 11 is 3.23. The van der Waals surface area contributed by atoms with Crippen molar-refractivity contribution >= 4 is 34.0 Å². The van der Waals surface area contributed by atoms with Gasteiger partial charge in [-0.3, -0.25) is 0 Å². The van der Waals surface area contributed by atoms with E-state index in [4.69, 9.17) is 0 Å². The summed E-state index contributed by atoms with van der Waals surface area (Å²) in [7, 11) is 0. The second-order valence-electron chi connectivity index (χ2n) is 5.53. The van der Waals surface area contributed by atoms with Crippen LogP contribution in [0.2, 0.25) is 0 Å². The van der Waals surface area contributed by atoms with Crippen LogP contribution in [0.5, 0.6) is 0 Å². The second kappa shape index (κ2) is 6.90. The Kier molecular flexibility index (Phi) is 4.46. The lowest BCUT2D eigenvalue weighted by Gasteiger charge is -2.05. The molecule has 0 aliphatic carbocycles. The Morgan fingerprint density at radius 3 is 2.64 bits per heavy atom. The highest BCUT2D eigenvalue weighted by molar-refractivity contribution is 7.98. The molecule has 0 bridgehead atoms. The van der Waals surface area contributed by atoms with Crippen LogP contribution in [0.4, 0.5) is 4.39 Å². The van der Waals surface area contributed by atoms with Gasteiger partial charge in [0.05, 0.1) is 11.2 Å². The lowest BCUT2D eigenvalue weighted by Crippen LogP contribution is -1.93. The number of thiazole rings is 1. The van der Waals surface area contributed by atoms with Gasteiger partial charge in [-0.15, -0.1) is 11.3 Å². The summed E-state index contributed by atoms with van der Waals surface area (Å²) < 4.78 is 13.0. The van der Waals surface area contributed by atoms with Gasteiger partial charge in [0.2, 0.25) is 0 Å². The first-order valence-electron chi connectivity index (χ1n) is 7.75. The highest BCUT2D eigenvalue weighted by Crippen LogP contribution is 2.30. The molecule has 0 unspecified atom stereocenters. The van der Waals surface area contributed by atoms with Crippen molar-refractivity contribution in [3.63, 3.8) is 0 Å². The topological polar surface area (TPSA) is 38.7 Å². The summed E-state index contributed by atoms with van der Waals surface area (Å²) in [6.07, 6.45) is 0. The zero-order chi connectivity index (χ0) is 17.2. The molecule has 0 fully saturated rings. The van der Waals surface area contributed by atoms with Crippen molar-refractivity contribution in [2.24, 2.45) is 0 Å². The number of fused-ring (bicyclic) bond motifs is 1. The molecule has 124 valence electrons. The van der Waals surface area contributed by atoms with Crippen molar-refractivity contribution in [1.29, 1.82) is 0 Å². The highest BCUT2D eigenvalue weighted by atomic mass is 32.2. The number of thioether (sulfide) groups is 1. The van der Waals surface area contributed by atoms with E-state index in [-0.39, 0.29) is 5.82 Å². The predicted octanol–water partition coefficient (Wildman–Crippen LogP) is 5.49. The SMILES string of the molecule is Cc1nc(SCc2csc(-c3ccc(F)cc3)n2)c2ccccc2n1. The maximum Gasteiger partial charge on any atom is 0.127 e. The number of benzene rings is 2. The molecule has 6 heteroatoms. The Morgan fingerprint density at radius 1 is 1.00 bits per heavy atom. The lowest BCUT2D eigenvalue weighted by atomic mass is 10.2. The first-order chi connectivity index (χ1) is 12.2. The molecule has 3 nitrogen and oxygen atoms in total. The Labute approximate surface area is 153 Å². The number of nitrogens with zero attached hydrogens (tertiary/aromatic N) is 3. The summed E-state index contributed by atoms with van der Waals surface area (Å²) in [4.78, 5) is 13.7. The van der Waals surface area contributed by atoms with Crippen molar-refractivity contribution in [2.75, 3.05) is 0 Å². The average Bonchev–Trinajstić information content (AvgIpc) is 3.09. The van der Waals surface area contributed by atoms with E-state index in [1.807, 2.05) is 36.6 Å². The van der Waals surface area contributed by atoms with Gasteiger partial charge in [-0.2, -0.15) is 0 Å². The third-order valence-electron chi connectivity index (χ3n) is 3.68. The first-order valence-corrected chi connectivity index (χ1v) is 9.62. The molecule has 2 heterocycles. The molecule has 0 atom stereocenters. The molecule has 0 spiro atoms. The molecule has 4 aromatic rings. The largest absolute Gasteiger partial charge is 0.240 e. The summed E-state index contributed by atoms with van der Waals surface area (Å²) in [5.74, 6) is 1.27. The summed E-state index contributed by atoms with van der Waals surface area (Å²) in [6, 6.07) is 14.5. The molecular formula is C19H14FN3S2. The average molecular weight is 367 g/mol. The van der Waals surface area contributed by atoms with Crippen LogP contribution in [-0.4, -0.2) is 15.0 Å². The van der Waals surface area contributed by atoms with Crippen molar-refractivity contribution < 1.29 is 4.39 Å². The fourth-order valence-corrected chi connectivity index (χ4v) is 4.40. The smallest absolute Gasteiger partial charge is 0.127 e. The van der Waals surface area contributed by atoms with E-state index >= 15 is 0 Å². The Balaban J connectivity index is 1.55. The number of rotatable bonds is 4. The third-order valence-corrected chi connectivity index (χ3v) is 5.64. The minimum Gasteiger partial charge on any atom is -0.240 e. The van der Waals surface area contributed by atoms with Gasteiger partial charge in [0.1, 0.15) is 21.7 Å². The van der Waals surface area contributed by atoms with Crippen LogP contribution in [0.3, 0.4) is 0 Å². The van der Waals surface area contributed by atoms with Crippen LogP contribution in [0, 0.1) is 12.7 Å². The van der Waals surface area contributed by atoms with Gasteiger partial charge in [0.25, 0.3) is 0 Å². The van der Waals surface area contributed by atoms with E-state index in [0.717, 1.165) is 43.8 Å². The molecule has 4 rings (SSSR count). The van der Waals surface area contributed by atoms with E-state index in [2.05, 4.69) is 15.0 Å². The monoisotopic (exact) mass is 367 g/mol. The quantitative estimate of drug-likeness (QED) is 0.353. The van der Waals surface area contributed by atoms with Gasteiger partial charge in [-0.05, 0) is 37.3 Å². The highest BCUT2D eigenvalue weighted by Gasteiger charge is 2.09. The molecule has 0 saturated heterocycles. The van der Waals surface area contributed by atoms with E-state index in [1.165, 1.54) is 12.1 Å². The number of hydrogen-bond acceptors (Lipinski definition) is 5. The van der Waals surface area contributed by atoms with Gasteiger partial charge < -0.3 is 0 Å². The molecule has 25 heavy (non-hydrogen) atoms. The van der Waals surface area contributed by atoms with Gasteiger partial charge in [-0.25, -0.2) is 19.3 Å². The maximum atomic E-state index is 13.0. The molecule has 0 N–H and O–H groups in total. The summed E-state index contributed by atoms with van der Waals surface area (Å²) in [5.41, 5.74) is 2.89. The van der Waals surface area contributed by atoms with Crippen LogP contribution in [0.1, 0.15) is 11.5 Å². The van der Waals surface area contributed by atoms with Crippen LogP contribution in [0.25, 0.3) is 21.5 Å². The number of para-hydroxylation sites is 1. The van der Waals surface area contributed by atoms with E-state index in [9.17, 15) is 4.39 Å². The zero-order valence-corrected chi connectivity index (χ0v) is 15.1. The standard InChI is InChI=1S/C19H14FN3S2/c1-12-21-17-5-3-2-4-16(17)19(22-12)25-11-15-10-24-18(23-15)13-6-8-14(20)9-7-13/h2-10H,11H2,1H3. The van der Waals surface area contributed by atoms with Crippen LogP contribution in [-0.2, 0) is 5.75 Å². The zero-order valence-electron chi connectivity index (χ0n) is 13.4. The van der Waals surface area contributed by atoms with Crippen LogP contribution >= 0.6 is 23.1 Å². The predicted molar refractivity (Wildman–Crippen MR) is 101 cm³/mol. The molecule has 0 radical (unpaired) electrons. The van der Waals surface area contributed by atoms with E-state index in [0.29, 0.717) is 0 Å². The lowest BCUT2D eigenvalue weighted by molar-refractivity contribution is 0.628. The fourth-order valence-electron chi connectivity index (χ4n) is 2.51. The second-order valence-corrected chi connectivity index (χ2v) is 7.35. The number of hydrogen-bond donors (Lipinski definition) is 0. The minimum absolute atomic E-state index is 0.234. The Hall–Kier alpha value is -2.31. The summed E-state index contributed by atoms with van der Waals surface area (Å²) in [6.45, 7) is 1.91. The number of aryl methyl sites for hydroxylation is 1. The molecular weight excluding hydrogens is 353 g/mol. The van der Waals surface area contributed by atoms with E-state index in [1.54, 1.807) is 35.2 Å². The summed E-state index contributed by atoms with van der Waals surface area (Å²) in [5, 5.41) is 4.98. The van der Waals surface area contributed by atoms with Crippen LogP contribution in [0.15, 0.2) is 58.9 Å². The Bertz CT molecular complexity index is 1030. The molecule has 0 aliphatic heterocycles. The van der Waals surface area contributed by atoms with Crippen molar-refractivity contribution in [2.45, 2.75) is 17.7 Å². The maximum absolute atomic E-state index is 13.0. The Morgan fingerprint density at radius 2 is 1.80 bits per heavy atom. The fraction of sp³-hybridized carbons (Fsp3) is 0.105. The number of aromatic nitrogens is 3.